The van der Waals surface area contributed by atoms with Crippen molar-refractivity contribution in [1.29, 1.82) is 0 Å². The second-order valence-corrected chi connectivity index (χ2v) is 7.12. The number of fused-ring (bicyclic) bond motifs is 1. The minimum Gasteiger partial charge on any atom is -0.493 e. The summed E-state index contributed by atoms with van der Waals surface area (Å²) in [5.41, 5.74) is 1.36. The van der Waals surface area contributed by atoms with Crippen molar-refractivity contribution in [3.63, 3.8) is 0 Å². The van der Waals surface area contributed by atoms with E-state index in [1.807, 2.05) is 6.92 Å². The molecule has 0 spiro atoms. The van der Waals surface area contributed by atoms with Crippen LogP contribution in [0.15, 0.2) is 28.8 Å². The zero-order chi connectivity index (χ0) is 17.1. The molecular formula is C19H26N4O2. The van der Waals surface area contributed by atoms with Crippen molar-refractivity contribution in [3.05, 3.63) is 41.5 Å². The molecule has 1 aromatic heterocycles. The minimum atomic E-state index is 0.643. The molecule has 1 aromatic carbocycles. The number of hydrogen-bond acceptors (Lipinski definition) is 6. The highest BCUT2D eigenvalue weighted by atomic mass is 16.5. The average molecular weight is 342 g/mol. The van der Waals surface area contributed by atoms with Crippen LogP contribution in [0.2, 0.25) is 0 Å². The highest BCUT2D eigenvalue weighted by Crippen LogP contribution is 2.27. The Morgan fingerprint density at radius 2 is 1.92 bits per heavy atom. The average Bonchev–Trinajstić information content (AvgIpc) is 2.91. The number of rotatable bonds is 4. The summed E-state index contributed by atoms with van der Waals surface area (Å²) in [6.45, 7) is 8.96. The van der Waals surface area contributed by atoms with E-state index in [0.717, 1.165) is 70.3 Å². The standard InChI is InChI=1S/C19H26N4O2/c1-15-20-19(21-25-15)14-23-9-7-22(8-10-23)13-16-6-11-24-18-5-3-2-4-17(18)12-16/h2-5,16H,6-14H2,1H3/t16-/m0/s1. The molecule has 0 bridgehead atoms. The lowest BCUT2D eigenvalue weighted by Crippen LogP contribution is -2.47. The highest BCUT2D eigenvalue weighted by Gasteiger charge is 2.23. The maximum atomic E-state index is 5.90. The normalized spacial score (nSPS) is 22.2. The van der Waals surface area contributed by atoms with Gasteiger partial charge in [-0.2, -0.15) is 4.98 Å². The lowest BCUT2D eigenvalue weighted by Gasteiger charge is -2.35. The van der Waals surface area contributed by atoms with Crippen LogP contribution in [0, 0.1) is 12.8 Å². The van der Waals surface area contributed by atoms with Gasteiger partial charge in [-0.05, 0) is 30.4 Å². The molecule has 2 aliphatic heterocycles. The van der Waals surface area contributed by atoms with Crippen LogP contribution in [0.5, 0.6) is 5.75 Å². The first-order chi connectivity index (χ1) is 12.3. The van der Waals surface area contributed by atoms with Crippen LogP contribution in [0.25, 0.3) is 0 Å². The van der Waals surface area contributed by atoms with Gasteiger partial charge in [0.2, 0.25) is 5.89 Å². The summed E-state index contributed by atoms with van der Waals surface area (Å²) < 4.78 is 11.0. The second-order valence-electron chi connectivity index (χ2n) is 7.12. The number of hydrogen-bond donors (Lipinski definition) is 0. The molecule has 0 unspecified atom stereocenters. The summed E-state index contributed by atoms with van der Waals surface area (Å²) >= 11 is 0. The van der Waals surface area contributed by atoms with E-state index in [1.54, 1.807) is 0 Å². The first kappa shape index (κ1) is 16.5. The molecule has 2 aromatic rings. The third-order valence-electron chi connectivity index (χ3n) is 5.18. The van der Waals surface area contributed by atoms with Crippen LogP contribution in [-0.4, -0.2) is 59.3 Å². The molecule has 0 N–H and O–H groups in total. The van der Waals surface area contributed by atoms with Gasteiger partial charge in [-0.3, -0.25) is 4.90 Å². The molecule has 134 valence electrons. The number of ether oxygens (including phenoxy) is 1. The molecule has 6 heteroatoms. The molecule has 0 aliphatic carbocycles. The molecule has 1 saturated heterocycles. The van der Waals surface area contributed by atoms with Crippen LogP contribution >= 0.6 is 0 Å². The Morgan fingerprint density at radius 1 is 1.12 bits per heavy atom. The third-order valence-corrected chi connectivity index (χ3v) is 5.18. The molecule has 2 aliphatic rings. The van der Waals surface area contributed by atoms with Gasteiger partial charge in [-0.25, -0.2) is 0 Å². The Balaban J connectivity index is 1.27. The quantitative estimate of drug-likeness (QED) is 0.848. The van der Waals surface area contributed by atoms with Crippen LogP contribution < -0.4 is 4.74 Å². The monoisotopic (exact) mass is 342 g/mol. The van der Waals surface area contributed by atoms with Crippen molar-refractivity contribution < 1.29 is 9.26 Å². The summed E-state index contributed by atoms with van der Waals surface area (Å²) in [5, 5.41) is 4.00. The van der Waals surface area contributed by atoms with Gasteiger partial charge >= 0.3 is 0 Å². The molecule has 1 fully saturated rings. The first-order valence-electron chi connectivity index (χ1n) is 9.21. The van der Waals surface area contributed by atoms with Crippen LogP contribution in [0.3, 0.4) is 0 Å². The Bertz CT molecular complexity index is 694. The van der Waals surface area contributed by atoms with Gasteiger partial charge in [0.1, 0.15) is 5.75 Å². The smallest absolute Gasteiger partial charge is 0.223 e. The molecule has 3 heterocycles. The van der Waals surface area contributed by atoms with Crippen LogP contribution in [0.1, 0.15) is 23.7 Å². The third kappa shape index (κ3) is 4.19. The largest absolute Gasteiger partial charge is 0.493 e. The SMILES string of the molecule is Cc1nc(CN2CCN(C[C@H]3CCOc4ccccc4C3)CC2)no1. The Kier molecular flexibility index (Phi) is 4.99. The van der Waals surface area contributed by atoms with Crippen LogP contribution in [-0.2, 0) is 13.0 Å². The van der Waals surface area contributed by atoms with E-state index < -0.39 is 0 Å². The highest BCUT2D eigenvalue weighted by molar-refractivity contribution is 5.34. The number of nitrogens with zero attached hydrogens (tertiary/aromatic N) is 4. The summed E-state index contributed by atoms with van der Waals surface area (Å²) in [6, 6.07) is 8.47. The number of para-hydroxylation sites is 1. The predicted octanol–water partition coefficient (Wildman–Crippen LogP) is 2.14. The Morgan fingerprint density at radius 3 is 2.72 bits per heavy atom. The molecule has 0 amide bonds. The lowest BCUT2D eigenvalue weighted by atomic mass is 9.96. The molecule has 0 radical (unpaired) electrons. The number of piperazine rings is 1. The maximum absolute atomic E-state index is 5.90. The van der Waals surface area contributed by atoms with Crippen molar-refractivity contribution >= 4 is 0 Å². The van der Waals surface area contributed by atoms with E-state index in [4.69, 9.17) is 9.26 Å². The van der Waals surface area contributed by atoms with E-state index in [0.29, 0.717) is 11.8 Å². The summed E-state index contributed by atoms with van der Waals surface area (Å²) in [4.78, 5) is 9.31. The fraction of sp³-hybridized carbons (Fsp3) is 0.579. The molecule has 6 nitrogen and oxygen atoms in total. The molecule has 4 rings (SSSR count). The molecule has 1 atom stereocenters. The van der Waals surface area contributed by atoms with Gasteiger partial charge in [0.15, 0.2) is 5.82 Å². The van der Waals surface area contributed by atoms with E-state index in [9.17, 15) is 0 Å². The molecular weight excluding hydrogens is 316 g/mol. The molecule has 0 saturated carbocycles. The van der Waals surface area contributed by atoms with Gasteiger partial charge in [-0.1, -0.05) is 23.4 Å². The van der Waals surface area contributed by atoms with Gasteiger partial charge in [0.25, 0.3) is 0 Å². The van der Waals surface area contributed by atoms with E-state index in [1.165, 1.54) is 5.56 Å². The van der Waals surface area contributed by atoms with Crippen LogP contribution in [0.4, 0.5) is 0 Å². The zero-order valence-corrected chi connectivity index (χ0v) is 14.9. The van der Waals surface area contributed by atoms with E-state index in [-0.39, 0.29) is 0 Å². The predicted molar refractivity (Wildman–Crippen MR) is 94.5 cm³/mol. The fourth-order valence-electron chi connectivity index (χ4n) is 3.82. The van der Waals surface area contributed by atoms with Gasteiger partial charge < -0.3 is 14.2 Å². The molecule has 25 heavy (non-hydrogen) atoms. The summed E-state index contributed by atoms with van der Waals surface area (Å²) in [7, 11) is 0. The summed E-state index contributed by atoms with van der Waals surface area (Å²) in [6.07, 6.45) is 2.26. The second kappa shape index (κ2) is 7.54. The number of benzene rings is 1. The van der Waals surface area contributed by atoms with E-state index >= 15 is 0 Å². The summed E-state index contributed by atoms with van der Waals surface area (Å²) in [5.74, 6) is 3.19. The van der Waals surface area contributed by atoms with Crippen molar-refractivity contribution in [2.24, 2.45) is 5.92 Å². The first-order valence-corrected chi connectivity index (χ1v) is 9.21. The fourth-order valence-corrected chi connectivity index (χ4v) is 3.82. The minimum absolute atomic E-state index is 0.643. The lowest BCUT2D eigenvalue weighted by molar-refractivity contribution is 0.107. The maximum Gasteiger partial charge on any atom is 0.223 e. The van der Waals surface area contributed by atoms with Gasteiger partial charge in [0.05, 0.1) is 13.2 Å². The topological polar surface area (TPSA) is 54.6 Å². The van der Waals surface area contributed by atoms with Crippen molar-refractivity contribution in [1.82, 2.24) is 19.9 Å². The number of aromatic nitrogens is 2. The zero-order valence-electron chi connectivity index (χ0n) is 14.9. The number of aryl methyl sites for hydroxylation is 1. The Hall–Kier alpha value is -1.92. The Labute approximate surface area is 148 Å². The van der Waals surface area contributed by atoms with Crippen molar-refractivity contribution in [2.75, 3.05) is 39.3 Å². The van der Waals surface area contributed by atoms with Crippen molar-refractivity contribution in [3.8, 4) is 5.75 Å². The van der Waals surface area contributed by atoms with Gasteiger partial charge in [0, 0.05) is 39.6 Å². The van der Waals surface area contributed by atoms with E-state index in [2.05, 4.69) is 44.2 Å². The van der Waals surface area contributed by atoms with Gasteiger partial charge in [-0.15, -0.1) is 0 Å². The van der Waals surface area contributed by atoms with Crippen molar-refractivity contribution in [2.45, 2.75) is 26.3 Å².